The van der Waals surface area contributed by atoms with Crippen LogP contribution in [0.1, 0.15) is 12.0 Å². The Kier molecular flexibility index (Phi) is 3.83. The molecule has 0 aromatic heterocycles. The third-order valence-corrected chi connectivity index (χ3v) is 3.91. The fraction of sp³-hybridized carbons (Fsp3) is 0.125. The van der Waals surface area contributed by atoms with Crippen LogP contribution in [0.2, 0.25) is 5.02 Å². The smallest absolute Gasteiger partial charge is 0.271 e. The van der Waals surface area contributed by atoms with Crippen molar-refractivity contribution in [1.29, 1.82) is 0 Å². The Morgan fingerprint density at radius 1 is 1.22 bits per heavy atom. The molecule has 1 aliphatic heterocycles. The van der Waals surface area contributed by atoms with E-state index in [1.54, 1.807) is 37.4 Å². The highest BCUT2D eigenvalue weighted by molar-refractivity contribution is 6.30. The van der Waals surface area contributed by atoms with Gasteiger partial charge in [0.05, 0.1) is 28.4 Å². The molecule has 1 amide bonds. The third kappa shape index (κ3) is 2.93. The number of benzene rings is 2. The van der Waals surface area contributed by atoms with Gasteiger partial charge in [-0.05, 0) is 23.8 Å². The zero-order valence-electron chi connectivity index (χ0n) is 12.2. The molecule has 1 heterocycles. The van der Waals surface area contributed by atoms with Crippen LogP contribution in [0, 0.1) is 10.1 Å². The van der Waals surface area contributed by atoms with E-state index in [2.05, 4.69) is 4.99 Å². The van der Waals surface area contributed by atoms with E-state index >= 15 is 0 Å². The van der Waals surface area contributed by atoms with Crippen molar-refractivity contribution in [2.24, 2.45) is 4.99 Å². The summed E-state index contributed by atoms with van der Waals surface area (Å²) in [6.07, 6.45) is 0.112. The summed E-state index contributed by atoms with van der Waals surface area (Å²) < 4.78 is 0. The lowest BCUT2D eigenvalue weighted by atomic mass is 10.1. The second kappa shape index (κ2) is 5.81. The summed E-state index contributed by atoms with van der Waals surface area (Å²) in [5.41, 5.74) is 2.20. The van der Waals surface area contributed by atoms with Gasteiger partial charge in [-0.25, -0.2) is 4.99 Å². The van der Waals surface area contributed by atoms with Crippen molar-refractivity contribution in [2.45, 2.75) is 6.42 Å². The number of carbonyl (C=O) groups is 1. The number of nitro groups is 1. The summed E-state index contributed by atoms with van der Waals surface area (Å²) in [5, 5.41) is 11.6. The summed E-state index contributed by atoms with van der Waals surface area (Å²) >= 11 is 5.88. The molecule has 2 aromatic rings. The summed E-state index contributed by atoms with van der Waals surface area (Å²) in [5.74, 6) is -0.133. The van der Waals surface area contributed by atoms with Crippen LogP contribution in [0.25, 0.3) is 0 Å². The average molecular weight is 330 g/mol. The summed E-state index contributed by atoms with van der Waals surface area (Å²) in [6, 6.07) is 11.3. The van der Waals surface area contributed by atoms with Gasteiger partial charge in [0.1, 0.15) is 0 Å². The van der Waals surface area contributed by atoms with Crippen LogP contribution in [0.5, 0.6) is 0 Å². The maximum atomic E-state index is 12.3. The second-order valence-corrected chi connectivity index (χ2v) is 5.56. The number of halogens is 1. The molecule has 0 atom stereocenters. The first kappa shape index (κ1) is 15.2. The number of carbonyl (C=O) groups excluding carboxylic acids is 1. The Balaban J connectivity index is 2.15. The SMILES string of the molecule is CN1C(=O)CC(c2ccc(Cl)cc2)=Nc2cc([N+](=O)[O-])ccc21. The van der Waals surface area contributed by atoms with Gasteiger partial charge in [-0.15, -0.1) is 0 Å². The zero-order valence-corrected chi connectivity index (χ0v) is 12.9. The number of nitro benzene ring substituents is 1. The second-order valence-electron chi connectivity index (χ2n) is 5.13. The molecule has 0 aliphatic carbocycles. The molecule has 0 saturated heterocycles. The van der Waals surface area contributed by atoms with Gasteiger partial charge >= 0.3 is 0 Å². The predicted molar refractivity (Wildman–Crippen MR) is 88.8 cm³/mol. The number of non-ortho nitro benzene ring substituents is 1. The third-order valence-electron chi connectivity index (χ3n) is 3.66. The largest absolute Gasteiger partial charge is 0.313 e. The van der Waals surface area contributed by atoms with Crippen molar-refractivity contribution in [3.63, 3.8) is 0 Å². The molecule has 23 heavy (non-hydrogen) atoms. The first-order valence-electron chi connectivity index (χ1n) is 6.84. The molecular weight excluding hydrogens is 318 g/mol. The van der Waals surface area contributed by atoms with Gasteiger partial charge in [0.25, 0.3) is 5.69 Å². The molecule has 0 bridgehead atoms. The Morgan fingerprint density at radius 3 is 2.57 bits per heavy atom. The van der Waals surface area contributed by atoms with E-state index in [-0.39, 0.29) is 18.0 Å². The molecule has 0 unspecified atom stereocenters. The van der Waals surface area contributed by atoms with Crippen molar-refractivity contribution in [3.05, 3.63) is 63.2 Å². The van der Waals surface area contributed by atoms with Crippen LogP contribution in [-0.2, 0) is 4.79 Å². The fourth-order valence-electron chi connectivity index (χ4n) is 2.39. The molecule has 0 radical (unpaired) electrons. The van der Waals surface area contributed by atoms with Crippen molar-refractivity contribution in [2.75, 3.05) is 11.9 Å². The average Bonchev–Trinajstić information content (AvgIpc) is 2.65. The fourth-order valence-corrected chi connectivity index (χ4v) is 2.51. The number of anilines is 1. The van der Waals surface area contributed by atoms with Crippen molar-refractivity contribution in [1.82, 2.24) is 0 Å². The number of hydrogen-bond donors (Lipinski definition) is 0. The molecule has 116 valence electrons. The minimum absolute atomic E-state index is 0.0642. The summed E-state index contributed by atoms with van der Waals surface area (Å²) in [6.45, 7) is 0. The van der Waals surface area contributed by atoms with E-state index in [0.717, 1.165) is 5.56 Å². The standard InChI is InChI=1S/C16H12ClN3O3/c1-19-15-7-6-12(20(22)23)8-14(15)18-13(9-16(19)21)10-2-4-11(17)5-3-10/h2-8H,9H2,1H3. The van der Waals surface area contributed by atoms with Gasteiger partial charge in [-0.2, -0.15) is 0 Å². The van der Waals surface area contributed by atoms with Gasteiger partial charge in [0.2, 0.25) is 5.91 Å². The highest BCUT2D eigenvalue weighted by Gasteiger charge is 2.23. The van der Waals surface area contributed by atoms with Gasteiger partial charge in [0, 0.05) is 24.2 Å². The molecule has 0 spiro atoms. The molecule has 0 N–H and O–H groups in total. The Hall–Kier alpha value is -2.73. The van der Waals surface area contributed by atoms with Crippen molar-refractivity contribution >= 4 is 40.3 Å². The normalized spacial score (nSPS) is 14.1. The van der Waals surface area contributed by atoms with Gasteiger partial charge in [0.15, 0.2) is 0 Å². The maximum Gasteiger partial charge on any atom is 0.271 e. The van der Waals surface area contributed by atoms with Crippen molar-refractivity contribution < 1.29 is 9.72 Å². The molecular formula is C16H12ClN3O3. The van der Waals surface area contributed by atoms with Crippen LogP contribution in [0.15, 0.2) is 47.5 Å². The first-order valence-corrected chi connectivity index (χ1v) is 7.22. The van der Waals surface area contributed by atoms with E-state index in [0.29, 0.717) is 22.1 Å². The topological polar surface area (TPSA) is 75.8 Å². The minimum atomic E-state index is -0.482. The molecule has 6 nitrogen and oxygen atoms in total. The number of hydrogen-bond acceptors (Lipinski definition) is 4. The van der Waals surface area contributed by atoms with Crippen molar-refractivity contribution in [3.8, 4) is 0 Å². The maximum absolute atomic E-state index is 12.3. The van der Waals surface area contributed by atoms with E-state index in [9.17, 15) is 14.9 Å². The molecule has 0 saturated carbocycles. The molecule has 0 fully saturated rings. The molecule has 3 rings (SSSR count). The summed E-state index contributed by atoms with van der Waals surface area (Å²) in [7, 11) is 1.63. The highest BCUT2D eigenvalue weighted by Crippen LogP contribution is 2.35. The van der Waals surface area contributed by atoms with Gasteiger partial charge in [-0.3, -0.25) is 14.9 Å². The Morgan fingerprint density at radius 2 is 1.91 bits per heavy atom. The Bertz CT molecular complexity index is 831. The number of rotatable bonds is 2. The van der Waals surface area contributed by atoms with Crippen LogP contribution in [0.4, 0.5) is 17.1 Å². The van der Waals surface area contributed by atoms with Crippen LogP contribution in [0.3, 0.4) is 0 Å². The van der Waals surface area contributed by atoms with E-state index in [4.69, 9.17) is 11.6 Å². The Labute approximate surface area is 137 Å². The molecule has 2 aromatic carbocycles. The number of aliphatic imine (C=N–C) groups is 1. The lowest BCUT2D eigenvalue weighted by Crippen LogP contribution is -2.27. The van der Waals surface area contributed by atoms with E-state index < -0.39 is 4.92 Å². The summed E-state index contributed by atoms with van der Waals surface area (Å²) in [4.78, 5) is 28.8. The van der Waals surface area contributed by atoms with E-state index in [1.165, 1.54) is 17.0 Å². The molecule has 1 aliphatic rings. The van der Waals surface area contributed by atoms with Gasteiger partial charge in [-0.1, -0.05) is 23.7 Å². The highest BCUT2D eigenvalue weighted by atomic mass is 35.5. The minimum Gasteiger partial charge on any atom is -0.313 e. The monoisotopic (exact) mass is 329 g/mol. The van der Waals surface area contributed by atoms with Crippen LogP contribution < -0.4 is 4.90 Å². The number of amides is 1. The van der Waals surface area contributed by atoms with Crippen LogP contribution in [-0.4, -0.2) is 23.6 Å². The zero-order chi connectivity index (χ0) is 16.6. The predicted octanol–water partition coefficient (Wildman–Crippen LogP) is 3.74. The first-order chi connectivity index (χ1) is 11.0. The lowest BCUT2D eigenvalue weighted by Gasteiger charge is -2.16. The quantitative estimate of drug-likeness (QED) is 0.622. The van der Waals surface area contributed by atoms with Crippen LogP contribution >= 0.6 is 11.6 Å². The lowest BCUT2D eigenvalue weighted by molar-refractivity contribution is -0.384. The number of nitrogens with zero attached hydrogens (tertiary/aromatic N) is 3. The van der Waals surface area contributed by atoms with Gasteiger partial charge < -0.3 is 4.90 Å². The number of fused-ring (bicyclic) bond motifs is 1. The van der Waals surface area contributed by atoms with E-state index in [1.807, 2.05) is 0 Å². The molecule has 7 heteroatoms.